The average Bonchev–Trinajstić information content (AvgIpc) is 3.21. The number of aliphatic carboxylic acids is 1. The van der Waals surface area contributed by atoms with Crippen molar-refractivity contribution in [1.29, 1.82) is 0 Å². The number of aryl methyl sites for hydroxylation is 1. The third kappa shape index (κ3) is 22.6. The fraction of sp³-hybridized carbons (Fsp3) is 0.674. The predicted octanol–water partition coefficient (Wildman–Crippen LogP) is 3.96. The SMILES string of the molecule is CC(C)C[C@@H](CN[C@@H](CN[C@@H](CC(C)C)C(=O)C(C)(O)COS(=O)(=O)CCCCCC(=O)O)Cc1ccccc1)NC[C@H](CCc1ccccc1)NC(=O)CN1CCOCC1. The minimum atomic E-state index is -4.04. The van der Waals surface area contributed by atoms with Gasteiger partial charge in [-0.15, -0.1) is 0 Å². The highest BCUT2D eigenvalue weighted by atomic mass is 32.2. The Morgan fingerprint density at radius 2 is 1.39 bits per heavy atom. The van der Waals surface area contributed by atoms with Crippen LogP contribution in [0.4, 0.5) is 0 Å². The van der Waals surface area contributed by atoms with Gasteiger partial charge < -0.3 is 36.2 Å². The molecule has 1 fully saturated rings. The summed E-state index contributed by atoms with van der Waals surface area (Å²) in [4.78, 5) is 40.1. The molecule has 0 aliphatic carbocycles. The second kappa shape index (κ2) is 27.7. The Morgan fingerprint density at radius 1 is 0.803 bits per heavy atom. The number of ketones is 1. The Morgan fingerprint density at radius 3 is 2.02 bits per heavy atom. The first-order valence-corrected chi connectivity index (χ1v) is 23.8. The van der Waals surface area contributed by atoms with Crippen molar-refractivity contribution < 1.29 is 41.9 Å². The van der Waals surface area contributed by atoms with Gasteiger partial charge in [0, 0.05) is 57.3 Å². The summed E-state index contributed by atoms with van der Waals surface area (Å²) in [6, 6.07) is 19.5. The van der Waals surface area contributed by atoms with Crippen LogP contribution in [-0.2, 0) is 46.3 Å². The zero-order valence-corrected chi connectivity index (χ0v) is 38.1. The van der Waals surface area contributed by atoms with Gasteiger partial charge in [-0.3, -0.25) is 23.5 Å². The number of ether oxygens (including phenoxy) is 1. The van der Waals surface area contributed by atoms with Crippen molar-refractivity contribution in [1.82, 2.24) is 26.2 Å². The molecule has 1 unspecified atom stereocenters. The molecule has 1 aliphatic heterocycles. The van der Waals surface area contributed by atoms with Crippen molar-refractivity contribution in [2.45, 2.75) is 122 Å². The highest BCUT2D eigenvalue weighted by Crippen LogP contribution is 2.17. The first-order valence-electron chi connectivity index (χ1n) is 22.2. The van der Waals surface area contributed by atoms with Gasteiger partial charge in [0.05, 0.1) is 31.6 Å². The number of hydrogen-bond donors (Lipinski definition) is 6. The molecule has 6 N–H and O–H groups in total. The number of carboxylic acid groups (broad SMARTS) is 1. The van der Waals surface area contributed by atoms with Gasteiger partial charge in [0.1, 0.15) is 12.2 Å². The van der Waals surface area contributed by atoms with Gasteiger partial charge in [-0.1, -0.05) is 94.8 Å². The number of unbranched alkanes of at least 4 members (excludes halogenated alkanes) is 2. The van der Waals surface area contributed by atoms with Gasteiger partial charge >= 0.3 is 5.97 Å². The van der Waals surface area contributed by atoms with E-state index in [9.17, 15) is 27.9 Å². The van der Waals surface area contributed by atoms with Crippen molar-refractivity contribution in [3.05, 3.63) is 71.8 Å². The Balaban J connectivity index is 1.69. The van der Waals surface area contributed by atoms with Crippen molar-refractivity contribution in [2.24, 2.45) is 11.8 Å². The van der Waals surface area contributed by atoms with Crippen LogP contribution in [0.5, 0.6) is 0 Å². The highest BCUT2D eigenvalue weighted by molar-refractivity contribution is 7.86. The van der Waals surface area contributed by atoms with E-state index in [1.54, 1.807) is 0 Å². The maximum atomic E-state index is 13.9. The largest absolute Gasteiger partial charge is 0.481 e. The Hall–Kier alpha value is -3.28. The van der Waals surface area contributed by atoms with Crippen molar-refractivity contribution >= 4 is 27.8 Å². The molecule has 14 nitrogen and oxygen atoms in total. The van der Waals surface area contributed by atoms with E-state index < -0.39 is 40.1 Å². The molecule has 2 aromatic rings. The van der Waals surface area contributed by atoms with Gasteiger partial charge in [0.25, 0.3) is 10.1 Å². The molecule has 0 aromatic heterocycles. The summed E-state index contributed by atoms with van der Waals surface area (Å²) in [5, 5.41) is 34.4. The molecule has 1 heterocycles. The van der Waals surface area contributed by atoms with Crippen LogP contribution >= 0.6 is 0 Å². The normalized spacial score (nSPS) is 16.8. The number of nitrogens with zero attached hydrogens (tertiary/aromatic N) is 1. The second-order valence-electron chi connectivity index (χ2n) is 17.7. The van der Waals surface area contributed by atoms with Crippen LogP contribution < -0.4 is 21.3 Å². The molecule has 344 valence electrons. The second-order valence-corrected chi connectivity index (χ2v) is 19.4. The van der Waals surface area contributed by atoms with E-state index in [0.717, 1.165) is 37.9 Å². The Kier molecular flexibility index (Phi) is 23.7. The number of amides is 1. The minimum absolute atomic E-state index is 0.0110. The first-order chi connectivity index (χ1) is 29.0. The fourth-order valence-corrected chi connectivity index (χ4v) is 8.55. The first kappa shape index (κ1) is 52.1. The lowest BCUT2D eigenvalue weighted by Gasteiger charge is -2.31. The van der Waals surface area contributed by atoms with Crippen LogP contribution in [0.25, 0.3) is 0 Å². The standard InChI is InChI=1S/C46H75N5O9S/c1-35(2)27-40(47-30-39(21-20-37-15-9-6-10-16-37)50-43(52)33-51-22-24-59-25-23-51)31-48-41(29-38-17-11-7-12-18-38)32-49-42(28-36(3)4)45(55)46(5,56)34-60-61(57,58)26-14-8-13-19-44(53)54/h6-7,9-12,15-18,35-36,39-42,47-49,56H,8,13-14,19-34H2,1-5H3,(H,50,52)(H,53,54)/t39-,40-,41+,42-,46?/m0/s1. The number of rotatable bonds is 32. The number of hydrogen-bond acceptors (Lipinski definition) is 12. The van der Waals surface area contributed by atoms with Gasteiger partial charge in [-0.2, -0.15) is 8.42 Å². The number of carbonyl (C=O) groups excluding carboxylic acids is 2. The third-order valence-electron chi connectivity index (χ3n) is 10.8. The summed E-state index contributed by atoms with van der Waals surface area (Å²) >= 11 is 0. The molecule has 61 heavy (non-hydrogen) atoms. The summed E-state index contributed by atoms with van der Waals surface area (Å²) in [5.41, 5.74) is 0.271. The lowest BCUT2D eigenvalue weighted by atomic mass is 9.90. The van der Waals surface area contributed by atoms with Crippen LogP contribution in [0, 0.1) is 11.8 Å². The van der Waals surface area contributed by atoms with Gasteiger partial charge in [-0.25, -0.2) is 0 Å². The molecule has 1 amide bonds. The number of Topliss-reactive ketones (excluding diaryl/α,β-unsaturated/α-hetero) is 1. The predicted molar refractivity (Wildman–Crippen MR) is 240 cm³/mol. The smallest absolute Gasteiger partial charge is 0.303 e. The molecule has 3 rings (SSSR count). The number of carbonyl (C=O) groups is 3. The summed E-state index contributed by atoms with van der Waals surface area (Å²) in [7, 11) is -4.04. The lowest BCUT2D eigenvalue weighted by Crippen LogP contribution is -2.55. The third-order valence-corrected chi connectivity index (χ3v) is 12.1. The molecular weight excluding hydrogens is 799 g/mol. The number of nitrogens with one attached hydrogen (secondary N) is 4. The zero-order valence-electron chi connectivity index (χ0n) is 37.3. The van der Waals surface area contributed by atoms with Crippen LogP contribution in [0.2, 0.25) is 0 Å². The summed E-state index contributed by atoms with van der Waals surface area (Å²) < 4.78 is 35.8. The summed E-state index contributed by atoms with van der Waals surface area (Å²) in [6.07, 6.45) is 4.54. The molecule has 5 atom stereocenters. The van der Waals surface area contributed by atoms with Gasteiger partial charge in [-0.05, 0) is 74.8 Å². The quantitative estimate of drug-likeness (QED) is 0.0458. The van der Waals surface area contributed by atoms with Crippen molar-refractivity contribution in [2.75, 3.05) is 64.8 Å². The molecule has 15 heteroatoms. The number of morpholine rings is 1. The van der Waals surface area contributed by atoms with E-state index in [-0.39, 0.29) is 48.5 Å². The maximum absolute atomic E-state index is 13.9. The van der Waals surface area contributed by atoms with Crippen LogP contribution in [0.15, 0.2) is 60.7 Å². The average molecular weight is 874 g/mol. The Labute approximate surface area is 365 Å². The van der Waals surface area contributed by atoms with Crippen LogP contribution in [0.1, 0.15) is 90.7 Å². The van der Waals surface area contributed by atoms with Crippen molar-refractivity contribution in [3.63, 3.8) is 0 Å². The van der Waals surface area contributed by atoms with Crippen LogP contribution in [0.3, 0.4) is 0 Å². The number of aliphatic hydroxyl groups is 1. The molecular formula is C46H75N5O9S. The molecule has 1 aliphatic rings. The highest BCUT2D eigenvalue weighted by Gasteiger charge is 2.38. The topological polar surface area (TPSA) is 196 Å². The van der Waals surface area contributed by atoms with E-state index in [2.05, 4.69) is 64.3 Å². The van der Waals surface area contributed by atoms with E-state index in [1.165, 1.54) is 12.5 Å². The molecule has 1 saturated heterocycles. The number of benzene rings is 2. The molecule has 0 spiro atoms. The molecule has 0 radical (unpaired) electrons. The van der Waals surface area contributed by atoms with E-state index in [0.29, 0.717) is 71.0 Å². The van der Waals surface area contributed by atoms with Crippen molar-refractivity contribution in [3.8, 4) is 0 Å². The summed E-state index contributed by atoms with van der Waals surface area (Å²) in [5.74, 6) is -1.31. The van der Waals surface area contributed by atoms with E-state index in [1.807, 2.05) is 50.2 Å². The molecule has 0 saturated carbocycles. The zero-order chi connectivity index (χ0) is 44.7. The van der Waals surface area contributed by atoms with Crippen LogP contribution in [-0.4, -0.2) is 136 Å². The monoisotopic (exact) mass is 874 g/mol. The molecule has 2 aromatic carbocycles. The van der Waals surface area contributed by atoms with E-state index >= 15 is 0 Å². The van der Waals surface area contributed by atoms with Gasteiger partial charge in [0.15, 0.2) is 5.78 Å². The molecule has 0 bridgehead atoms. The summed E-state index contributed by atoms with van der Waals surface area (Å²) in [6.45, 7) is 13.7. The number of carboxylic acids is 1. The fourth-order valence-electron chi connectivity index (χ4n) is 7.47. The minimum Gasteiger partial charge on any atom is -0.481 e. The Bertz CT molecular complexity index is 1660. The van der Waals surface area contributed by atoms with E-state index in [4.69, 9.17) is 14.0 Å². The lowest BCUT2D eigenvalue weighted by molar-refractivity contribution is -0.141. The maximum Gasteiger partial charge on any atom is 0.303 e. The van der Waals surface area contributed by atoms with Gasteiger partial charge in [0.2, 0.25) is 5.91 Å².